The average molecular weight is 920 g/mol. The number of carboxylic acid groups (broad SMARTS) is 1. The maximum absolute atomic E-state index is 13.3. The lowest BCUT2D eigenvalue weighted by Gasteiger charge is -2.20. The van der Waals surface area contributed by atoms with Crippen LogP contribution in [0.3, 0.4) is 0 Å². The number of carboxylic acids is 1. The first-order valence-corrected chi connectivity index (χ1v) is 22.4. The van der Waals surface area contributed by atoms with Crippen LogP contribution in [0.2, 0.25) is 0 Å². The van der Waals surface area contributed by atoms with Gasteiger partial charge in [0.05, 0.1) is 54.8 Å². The van der Waals surface area contributed by atoms with E-state index in [2.05, 4.69) is 54.9 Å². The summed E-state index contributed by atoms with van der Waals surface area (Å²) in [7, 11) is 1.35. The van der Waals surface area contributed by atoms with E-state index >= 15 is 0 Å². The van der Waals surface area contributed by atoms with Crippen LogP contribution in [0.25, 0.3) is 0 Å². The van der Waals surface area contributed by atoms with E-state index in [4.69, 9.17) is 33.0 Å². The second-order valence-corrected chi connectivity index (χ2v) is 16.7. The molecule has 0 aliphatic carbocycles. The normalized spacial score (nSPS) is 13.6. The van der Waals surface area contributed by atoms with Crippen LogP contribution in [0.5, 0.6) is 0 Å². The number of benzene rings is 4. The van der Waals surface area contributed by atoms with E-state index < -0.39 is 5.97 Å². The van der Waals surface area contributed by atoms with E-state index in [-0.39, 0.29) is 35.4 Å². The molecule has 2 aliphatic rings. The quantitative estimate of drug-likeness (QED) is 0.0715. The van der Waals surface area contributed by atoms with Crippen molar-refractivity contribution in [1.82, 2.24) is 30.2 Å². The van der Waals surface area contributed by atoms with Gasteiger partial charge < -0.3 is 30.3 Å². The summed E-state index contributed by atoms with van der Waals surface area (Å²) in [5.74, 6) is 0.872. The number of aryl methyl sites for hydroxylation is 2. The van der Waals surface area contributed by atoms with Crippen molar-refractivity contribution >= 4 is 58.6 Å². The van der Waals surface area contributed by atoms with Gasteiger partial charge in [-0.2, -0.15) is 10.2 Å². The van der Waals surface area contributed by atoms with Crippen molar-refractivity contribution in [2.75, 3.05) is 30.0 Å². The number of ether oxygens (including phenoxy) is 1. The second-order valence-electron chi connectivity index (χ2n) is 16.2. The van der Waals surface area contributed by atoms with Gasteiger partial charge in [-0.05, 0) is 85.3 Å². The van der Waals surface area contributed by atoms with Crippen molar-refractivity contribution in [1.29, 1.82) is 0 Å². The maximum Gasteiger partial charge on any atom is 0.337 e. The summed E-state index contributed by atoms with van der Waals surface area (Å²) in [5, 5.41) is 24.4. The van der Waals surface area contributed by atoms with E-state index in [1.165, 1.54) is 7.11 Å². The van der Waals surface area contributed by atoms with Crippen LogP contribution in [-0.2, 0) is 42.7 Å². The van der Waals surface area contributed by atoms with Gasteiger partial charge in [0.25, 0.3) is 11.8 Å². The molecule has 0 saturated carbocycles. The van der Waals surface area contributed by atoms with Crippen molar-refractivity contribution in [2.45, 2.75) is 77.7 Å². The molecule has 2 amide bonds. The molecular weight excluding hydrogens is 867 g/mol. The molecule has 338 valence electrons. The molecule has 6 aromatic rings. The van der Waals surface area contributed by atoms with Crippen LogP contribution in [0.1, 0.15) is 112 Å². The number of esters is 1. The van der Waals surface area contributed by atoms with Gasteiger partial charge in [-0.15, -0.1) is 23.2 Å². The SMILES string of the molecule is COC(=O)c1ccc([C@H](C)NC(=O)c2c(C)nn3c2N(Cc2cccc(CCl)c2)CC3)cc1.Cc1nn2c(c1C(=O)N[C@@H](C)c1ccc(C(=O)O)cc1)N(Cc1cccc(CCl)c1)CC2. The molecule has 0 saturated heterocycles. The van der Waals surface area contributed by atoms with Gasteiger partial charge in [-0.1, -0.05) is 72.8 Å². The van der Waals surface area contributed by atoms with Crippen molar-refractivity contribution in [3.05, 3.63) is 164 Å². The molecule has 14 nitrogen and oxygen atoms in total. The molecule has 0 bridgehead atoms. The Morgan fingerprint density at radius 2 is 1.03 bits per heavy atom. The van der Waals surface area contributed by atoms with Gasteiger partial charge in [0, 0.05) is 37.9 Å². The minimum Gasteiger partial charge on any atom is -0.478 e. The smallest absolute Gasteiger partial charge is 0.337 e. The third kappa shape index (κ3) is 10.5. The van der Waals surface area contributed by atoms with Crippen LogP contribution < -0.4 is 20.4 Å². The highest BCUT2D eigenvalue weighted by Crippen LogP contribution is 2.32. The third-order valence-corrected chi connectivity index (χ3v) is 12.3. The van der Waals surface area contributed by atoms with Gasteiger partial charge in [-0.3, -0.25) is 9.59 Å². The number of nitrogens with zero attached hydrogens (tertiary/aromatic N) is 6. The molecular formula is C49H52Cl2N8O6. The Balaban J connectivity index is 0.000000194. The Kier molecular flexibility index (Phi) is 14.6. The number of aromatic carboxylic acids is 1. The van der Waals surface area contributed by atoms with Crippen LogP contribution in [-0.4, -0.2) is 68.6 Å². The molecule has 0 fully saturated rings. The minimum atomic E-state index is -0.976. The summed E-state index contributed by atoms with van der Waals surface area (Å²) in [6.45, 7) is 11.9. The van der Waals surface area contributed by atoms with Gasteiger partial charge in [0.15, 0.2) is 0 Å². The number of alkyl halides is 2. The van der Waals surface area contributed by atoms with E-state index in [0.717, 1.165) is 71.2 Å². The summed E-state index contributed by atoms with van der Waals surface area (Å²) >= 11 is 12.0. The number of hydrogen-bond donors (Lipinski definition) is 3. The fraction of sp³-hybridized carbons (Fsp3) is 0.306. The summed E-state index contributed by atoms with van der Waals surface area (Å²) < 4.78 is 8.54. The second kappa shape index (κ2) is 20.5. The van der Waals surface area contributed by atoms with Gasteiger partial charge in [0.1, 0.15) is 22.8 Å². The van der Waals surface area contributed by atoms with Crippen LogP contribution in [0.15, 0.2) is 97.1 Å². The first-order chi connectivity index (χ1) is 31.3. The lowest BCUT2D eigenvalue weighted by molar-refractivity contribution is 0.0599. The Morgan fingerprint density at radius 1 is 0.631 bits per heavy atom. The molecule has 4 heterocycles. The average Bonchev–Trinajstić information content (AvgIpc) is 4.06. The fourth-order valence-electron chi connectivity index (χ4n) is 8.28. The zero-order chi connectivity index (χ0) is 46.4. The number of methoxy groups -OCH3 is 1. The van der Waals surface area contributed by atoms with Crippen molar-refractivity contribution in [3.63, 3.8) is 0 Å². The van der Waals surface area contributed by atoms with Crippen LogP contribution in [0.4, 0.5) is 11.6 Å². The molecule has 2 atom stereocenters. The highest BCUT2D eigenvalue weighted by molar-refractivity contribution is 6.17. The summed E-state index contributed by atoms with van der Waals surface area (Å²) in [6, 6.07) is 29.4. The third-order valence-electron chi connectivity index (χ3n) is 11.6. The predicted octanol–water partition coefficient (Wildman–Crippen LogP) is 8.37. The van der Waals surface area contributed by atoms with Gasteiger partial charge in [-0.25, -0.2) is 19.0 Å². The first kappa shape index (κ1) is 46.4. The van der Waals surface area contributed by atoms with E-state index in [1.807, 2.05) is 73.5 Å². The minimum absolute atomic E-state index is 0.167. The number of nitrogens with one attached hydrogen (secondary N) is 2. The highest BCUT2D eigenvalue weighted by Gasteiger charge is 2.32. The number of halogens is 2. The number of fused-ring (bicyclic) bond motifs is 2. The molecule has 8 rings (SSSR count). The Bertz CT molecular complexity index is 2700. The molecule has 3 N–H and O–H groups in total. The van der Waals surface area contributed by atoms with Crippen molar-refractivity contribution in [3.8, 4) is 0 Å². The number of carbonyl (C=O) groups excluding carboxylic acids is 3. The highest BCUT2D eigenvalue weighted by atomic mass is 35.5. The molecule has 0 unspecified atom stereocenters. The Hall–Kier alpha value is -6.64. The van der Waals surface area contributed by atoms with E-state index in [1.54, 1.807) is 36.4 Å². The first-order valence-electron chi connectivity index (χ1n) is 21.3. The lowest BCUT2D eigenvalue weighted by atomic mass is 10.1. The molecule has 2 aliphatic heterocycles. The Morgan fingerprint density at radius 3 is 1.42 bits per heavy atom. The number of anilines is 2. The number of carbonyl (C=O) groups is 4. The predicted molar refractivity (Wildman–Crippen MR) is 251 cm³/mol. The number of hydrogen-bond acceptors (Lipinski definition) is 9. The summed E-state index contributed by atoms with van der Waals surface area (Å²) in [5.41, 5.74) is 9.39. The fourth-order valence-corrected chi connectivity index (χ4v) is 8.62. The van der Waals surface area contributed by atoms with Crippen molar-refractivity contribution in [2.24, 2.45) is 0 Å². The maximum atomic E-state index is 13.3. The van der Waals surface area contributed by atoms with Gasteiger partial charge in [0.2, 0.25) is 0 Å². The lowest BCUT2D eigenvalue weighted by Crippen LogP contribution is -2.29. The van der Waals surface area contributed by atoms with E-state index in [9.17, 15) is 19.2 Å². The van der Waals surface area contributed by atoms with Crippen molar-refractivity contribution < 1.29 is 29.0 Å². The Labute approximate surface area is 388 Å². The summed E-state index contributed by atoms with van der Waals surface area (Å²) in [6.07, 6.45) is 0. The number of rotatable bonds is 14. The zero-order valence-corrected chi connectivity index (χ0v) is 38.5. The van der Waals surface area contributed by atoms with Gasteiger partial charge >= 0.3 is 11.9 Å². The molecule has 0 spiro atoms. The molecule has 65 heavy (non-hydrogen) atoms. The number of amides is 2. The number of aromatic nitrogens is 4. The molecule has 16 heteroatoms. The van der Waals surface area contributed by atoms with Crippen LogP contribution >= 0.6 is 23.2 Å². The molecule has 4 aromatic carbocycles. The largest absolute Gasteiger partial charge is 0.478 e. The van der Waals surface area contributed by atoms with E-state index in [0.29, 0.717) is 52.9 Å². The molecule has 0 radical (unpaired) electrons. The van der Waals surface area contributed by atoms with Crippen LogP contribution in [0, 0.1) is 13.8 Å². The monoisotopic (exact) mass is 918 g/mol. The summed E-state index contributed by atoms with van der Waals surface area (Å²) in [4.78, 5) is 53.6. The standard InChI is InChI=1S/C25H27ClN4O3.C24H25ClN4O3/c1-16(20-7-9-21(10-8-20)25(32)33-3)27-23(31)22-17(2)28-30-12-11-29(24(22)30)15-19-6-4-5-18(13-19)14-26;1-15(19-6-8-20(9-7-19)24(31)32)26-22(30)21-16(2)27-29-11-10-28(23(21)29)14-18-5-3-4-17(12-18)13-25/h4-10,13,16H,11-12,14-15H2,1-3H3,(H,27,31);3-9,12,15H,10-11,13-14H2,1-2H3,(H,26,30)(H,31,32)/t16-;15-/m00/s1. The zero-order valence-electron chi connectivity index (χ0n) is 37.0. The topological polar surface area (TPSA) is 164 Å². The molecule has 2 aromatic heterocycles.